The van der Waals surface area contributed by atoms with Crippen molar-refractivity contribution in [3.8, 4) is 0 Å². The largest absolute Gasteiger partial charge is 0.460 e. The minimum atomic E-state index is -0.850. The van der Waals surface area contributed by atoms with Gasteiger partial charge in [-0.2, -0.15) is 0 Å². The van der Waals surface area contributed by atoms with Crippen molar-refractivity contribution in [1.82, 2.24) is 0 Å². The van der Waals surface area contributed by atoms with Crippen LogP contribution in [0.25, 0.3) is 0 Å². The van der Waals surface area contributed by atoms with E-state index in [0.717, 1.165) is 25.3 Å². The van der Waals surface area contributed by atoms with Crippen LogP contribution in [0, 0.1) is 21.8 Å². The Balaban J connectivity index is 2.00. The molecule has 1 aliphatic carbocycles. The Bertz CT molecular complexity index is 821. The first-order chi connectivity index (χ1) is 13.1. The average molecular weight is 408 g/mol. The maximum absolute atomic E-state index is 14.8. The van der Waals surface area contributed by atoms with Crippen LogP contribution in [-0.4, -0.2) is 27.3 Å². The van der Waals surface area contributed by atoms with Crippen LogP contribution in [0.5, 0.6) is 0 Å². The summed E-state index contributed by atoms with van der Waals surface area (Å²) in [4.78, 5) is 27.8. The first-order valence-electron chi connectivity index (χ1n) is 9.48. The summed E-state index contributed by atoms with van der Waals surface area (Å²) < 4.78 is 20.2. The summed E-state index contributed by atoms with van der Waals surface area (Å²) >= 11 is 1.51. The number of non-ortho nitro benzene ring substituents is 1. The molecule has 0 amide bonds. The molecule has 1 aromatic rings. The topological polar surface area (TPSA) is 81.8 Å². The molecule has 2 atom stereocenters. The number of hydrogen-bond donors (Lipinski definition) is 0. The Morgan fingerprint density at radius 3 is 2.86 bits per heavy atom. The van der Waals surface area contributed by atoms with Crippen LogP contribution < -0.4 is 0 Å². The standard InChI is InChI=1S/C20H25FN2O4S/c1-19(2,3)27-18(24)11-17-22-20(9-5-4-6-13(20)12-28-17)15-10-14(23(25)26)7-8-16(15)21/h7-8,10,13H,4-6,9,11-12H2,1-3H3/t13-,20?/m0/s1. The monoisotopic (exact) mass is 408 g/mol. The number of nitrogens with zero attached hydrogens (tertiary/aromatic N) is 2. The Kier molecular flexibility index (Phi) is 5.79. The molecule has 0 spiro atoms. The number of hydrogen-bond acceptors (Lipinski definition) is 6. The normalized spacial score (nSPS) is 24.9. The first-order valence-corrected chi connectivity index (χ1v) is 10.5. The lowest BCUT2D eigenvalue weighted by molar-refractivity contribution is -0.385. The van der Waals surface area contributed by atoms with Crippen molar-refractivity contribution in [3.05, 3.63) is 39.7 Å². The summed E-state index contributed by atoms with van der Waals surface area (Å²) in [5.74, 6) is -0.0541. The number of aliphatic imine (C=N–C) groups is 1. The molecule has 8 heteroatoms. The van der Waals surface area contributed by atoms with Crippen LogP contribution in [-0.2, 0) is 15.1 Å². The number of ether oxygens (including phenoxy) is 1. The van der Waals surface area contributed by atoms with Crippen molar-refractivity contribution < 1.29 is 18.8 Å². The number of carbonyl (C=O) groups excluding carboxylic acids is 1. The van der Waals surface area contributed by atoms with E-state index >= 15 is 0 Å². The van der Waals surface area contributed by atoms with Crippen LogP contribution in [0.1, 0.15) is 58.4 Å². The molecule has 0 bridgehead atoms. The van der Waals surface area contributed by atoms with Crippen LogP contribution in [0.2, 0.25) is 0 Å². The van der Waals surface area contributed by atoms with Crippen molar-refractivity contribution >= 4 is 28.5 Å². The maximum atomic E-state index is 14.8. The Morgan fingerprint density at radius 1 is 1.43 bits per heavy atom. The molecule has 2 aliphatic rings. The second kappa shape index (κ2) is 7.81. The van der Waals surface area contributed by atoms with Gasteiger partial charge >= 0.3 is 5.97 Å². The van der Waals surface area contributed by atoms with E-state index in [1.807, 2.05) is 0 Å². The third-order valence-corrected chi connectivity index (χ3v) is 6.29. The van der Waals surface area contributed by atoms with Gasteiger partial charge in [-0.15, -0.1) is 11.8 Å². The van der Waals surface area contributed by atoms with E-state index in [9.17, 15) is 19.3 Å². The zero-order valence-electron chi connectivity index (χ0n) is 16.4. The predicted octanol–water partition coefficient (Wildman–Crippen LogP) is 5.00. The molecule has 1 fully saturated rings. The molecule has 3 rings (SSSR count). The number of nitro groups is 1. The number of halogens is 1. The fourth-order valence-corrected chi connectivity index (χ4v) is 5.30. The first kappa shape index (κ1) is 20.8. The molecule has 0 saturated heterocycles. The number of nitro benzene ring substituents is 1. The fraction of sp³-hybridized carbons (Fsp3) is 0.600. The third-order valence-electron chi connectivity index (χ3n) is 5.15. The van der Waals surface area contributed by atoms with Gasteiger partial charge < -0.3 is 4.74 Å². The number of thioether (sulfide) groups is 1. The van der Waals surface area contributed by atoms with E-state index in [0.29, 0.717) is 17.2 Å². The molecule has 152 valence electrons. The smallest absolute Gasteiger partial charge is 0.312 e. The summed E-state index contributed by atoms with van der Waals surface area (Å²) in [7, 11) is 0. The maximum Gasteiger partial charge on any atom is 0.312 e. The van der Waals surface area contributed by atoms with Crippen LogP contribution in [0.15, 0.2) is 23.2 Å². The van der Waals surface area contributed by atoms with Gasteiger partial charge in [0.1, 0.15) is 11.4 Å². The number of rotatable bonds is 4. The molecule has 1 heterocycles. The van der Waals surface area contributed by atoms with E-state index in [-0.39, 0.29) is 29.6 Å². The summed E-state index contributed by atoms with van der Waals surface area (Å²) in [6, 6.07) is 3.65. The highest BCUT2D eigenvalue weighted by Crippen LogP contribution is 2.51. The minimum absolute atomic E-state index is 0.0347. The molecule has 0 N–H and O–H groups in total. The van der Waals surface area contributed by atoms with Crippen molar-refractivity contribution in [2.75, 3.05) is 5.75 Å². The van der Waals surface area contributed by atoms with E-state index in [1.165, 1.54) is 23.9 Å². The highest BCUT2D eigenvalue weighted by Gasteiger charge is 2.47. The Labute approximate surface area is 168 Å². The predicted molar refractivity (Wildman–Crippen MR) is 107 cm³/mol. The van der Waals surface area contributed by atoms with Gasteiger partial charge in [-0.1, -0.05) is 12.8 Å². The average Bonchev–Trinajstić information content (AvgIpc) is 2.59. The molecule has 6 nitrogen and oxygen atoms in total. The number of benzene rings is 1. The zero-order valence-corrected chi connectivity index (χ0v) is 17.2. The summed E-state index contributed by atoms with van der Waals surface area (Å²) in [5.41, 5.74) is -1.31. The highest BCUT2D eigenvalue weighted by molar-refractivity contribution is 8.14. The highest BCUT2D eigenvalue weighted by atomic mass is 32.2. The second-order valence-corrected chi connectivity index (χ2v) is 9.46. The van der Waals surface area contributed by atoms with Crippen LogP contribution in [0.3, 0.4) is 0 Å². The SMILES string of the molecule is CC(C)(C)OC(=O)CC1=NC2(c3cc([N+](=O)[O-])ccc3F)CCCC[C@H]2CS1. The van der Waals surface area contributed by atoms with Crippen molar-refractivity contribution in [3.63, 3.8) is 0 Å². The lowest BCUT2D eigenvalue weighted by Gasteiger charge is -2.44. The van der Waals surface area contributed by atoms with Crippen molar-refractivity contribution in [1.29, 1.82) is 0 Å². The lowest BCUT2D eigenvalue weighted by Crippen LogP contribution is -2.42. The second-order valence-electron chi connectivity index (χ2n) is 8.37. The molecule has 0 radical (unpaired) electrons. The summed E-state index contributed by atoms with van der Waals surface area (Å²) in [5, 5.41) is 11.8. The molecular formula is C20H25FN2O4S. The number of fused-ring (bicyclic) bond motifs is 1. The number of esters is 1. The van der Waals surface area contributed by atoms with Crippen LogP contribution in [0.4, 0.5) is 10.1 Å². The Hall–Kier alpha value is -1.96. The Morgan fingerprint density at radius 2 is 2.18 bits per heavy atom. The van der Waals surface area contributed by atoms with Gasteiger partial charge in [0.05, 0.1) is 21.9 Å². The van der Waals surface area contributed by atoms with Gasteiger partial charge in [0.2, 0.25) is 0 Å². The van der Waals surface area contributed by atoms with Crippen molar-refractivity contribution in [2.45, 2.75) is 64.0 Å². The fourth-order valence-electron chi connectivity index (χ4n) is 4.01. The summed E-state index contributed by atoms with van der Waals surface area (Å²) in [6.45, 7) is 5.41. The van der Waals surface area contributed by atoms with Crippen LogP contribution >= 0.6 is 11.8 Å². The molecule has 0 aromatic heterocycles. The molecular weight excluding hydrogens is 383 g/mol. The van der Waals surface area contributed by atoms with Gasteiger partial charge in [-0.3, -0.25) is 19.9 Å². The molecule has 1 aliphatic heterocycles. The quantitative estimate of drug-likeness (QED) is 0.398. The van der Waals surface area contributed by atoms with E-state index < -0.39 is 21.9 Å². The van der Waals surface area contributed by atoms with Gasteiger partial charge in [-0.25, -0.2) is 4.39 Å². The van der Waals surface area contributed by atoms with Gasteiger partial charge in [0, 0.05) is 23.4 Å². The van der Waals surface area contributed by atoms with Gasteiger partial charge in [0.15, 0.2) is 0 Å². The molecule has 1 saturated carbocycles. The molecule has 1 aromatic carbocycles. The molecule has 28 heavy (non-hydrogen) atoms. The summed E-state index contributed by atoms with van der Waals surface area (Å²) in [6.07, 6.45) is 3.44. The van der Waals surface area contributed by atoms with Gasteiger partial charge in [0.25, 0.3) is 5.69 Å². The van der Waals surface area contributed by atoms with Crippen molar-refractivity contribution in [2.24, 2.45) is 10.9 Å². The zero-order chi connectivity index (χ0) is 20.5. The van der Waals surface area contributed by atoms with E-state index in [4.69, 9.17) is 9.73 Å². The van der Waals surface area contributed by atoms with E-state index in [1.54, 1.807) is 20.8 Å². The number of carbonyl (C=O) groups is 1. The third kappa shape index (κ3) is 4.37. The van der Waals surface area contributed by atoms with Gasteiger partial charge in [-0.05, 0) is 45.6 Å². The minimum Gasteiger partial charge on any atom is -0.460 e. The lowest BCUT2D eigenvalue weighted by atomic mass is 9.69. The molecule has 1 unspecified atom stereocenters. The van der Waals surface area contributed by atoms with E-state index in [2.05, 4.69) is 0 Å².